The minimum Gasteiger partial charge on any atom is -0.463 e. The van der Waals surface area contributed by atoms with Gasteiger partial charge in [0, 0.05) is 6.08 Å². The summed E-state index contributed by atoms with van der Waals surface area (Å²) in [6, 6.07) is 0. The van der Waals surface area contributed by atoms with Crippen molar-refractivity contribution in [2.45, 2.75) is 20.8 Å². The van der Waals surface area contributed by atoms with Crippen molar-refractivity contribution in [1.29, 1.82) is 0 Å². The number of rotatable bonds is 3. The Kier molecular flexibility index (Phi) is 5.17. The van der Waals surface area contributed by atoms with Crippen molar-refractivity contribution >= 4 is 5.97 Å². The predicted molar refractivity (Wildman–Crippen MR) is 45.2 cm³/mol. The molecule has 0 saturated carbocycles. The molecule has 0 aliphatic carbocycles. The lowest BCUT2D eigenvalue weighted by Crippen LogP contribution is -1.99. The molecule has 11 heavy (non-hydrogen) atoms. The van der Waals surface area contributed by atoms with Crippen molar-refractivity contribution in [2.24, 2.45) is 0 Å². The normalized spacial score (nSPS) is 12.1. The second-order valence-electron chi connectivity index (χ2n) is 2.14. The molecule has 0 fully saturated rings. The number of hydrogen-bond acceptors (Lipinski definition) is 2. The molecule has 2 heteroatoms. The summed E-state index contributed by atoms with van der Waals surface area (Å²) in [6.07, 6.45) is 5.21. The van der Waals surface area contributed by atoms with Crippen molar-refractivity contribution in [1.82, 2.24) is 0 Å². The van der Waals surface area contributed by atoms with E-state index in [9.17, 15) is 4.79 Å². The molecule has 0 amide bonds. The fourth-order valence-corrected chi connectivity index (χ4v) is 0.681. The van der Waals surface area contributed by atoms with Crippen molar-refractivity contribution in [3.8, 4) is 0 Å². The Morgan fingerprint density at radius 1 is 1.55 bits per heavy atom. The molecule has 0 rings (SSSR count). The zero-order valence-electron chi connectivity index (χ0n) is 7.26. The van der Waals surface area contributed by atoms with Gasteiger partial charge in [-0.2, -0.15) is 0 Å². The van der Waals surface area contributed by atoms with Crippen LogP contribution in [0.15, 0.2) is 23.8 Å². The highest BCUT2D eigenvalue weighted by atomic mass is 16.5. The van der Waals surface area contributed by atoms with E-state index in [0.717, 1.165) is 5.57 Å². The van der Waals surface area contributed by atoms with E-state index in [-0.39, 0.29) is 5.97 Å². The van der Waals surface area contributed by atoms with Gasteiger partial charge in [0.2, 0.25) is 0 Å². The largest absolute Gasteiger partial charge is 0.463 e. The molecule has 0 aromatic carbocycles. The number of esters is 1. The third-order valence-corrected chi connectivity index (χ3v) is 1.06. The first-order chi connectivity index (χ1) is 5.20. The standard InChI is InChI=1S/C9H14O2/c1-4-6-8(3)7-9(10)11-5-2/h4,6-7H,5H2,1-3H3/b6-4?,8-7+. The third kappa shape index (κ3) is 5.40. The summed E-state index contributed by atoms with van der Waals surface area (Å²) in [5.41, 5.74) is 0.908. The minimum absolute atomic E-state index is 0.275. The van der Waals surface area contributed by atoms with Crippen molar-refractivity contribution in [2.75, 3.05) is 6.61 Å². The third-order valence-electron chi connectivity index (χ3n) is 1.06. The van der Waals surface area contributed by atoms with Crippen LogP contribution in [0.1, 0.15) is 20.8 Å². The lowest BCUT2D eigenvalue weighted by Gasteiger charge is -1.95. The number of allylic oxidation sites excluding steroid dienone is 3. The first kappa shape index (κ1) is 9.95. The van der Waals surface area contributed by atoms with E-state index in [1.54, 1.807) is 6.92 Å². The summed E-state index contributed by atoms with van der Waals surface area (Å²) in [5.74, 6) is -0.275. The Bertz CT molecular complexity index is 178. The van der Waals surface area contributed by atoms with Gasteiger partial charge in [0.1, 0.15) is 0 Å². The van der Waals surface area contributed by atoms with Crippen molar-refractivity contribution in [3.63, 3.8) is 0 Å². The van der Waals surface area contributed by atoms with Gasteiger partial charge in [0.05, 0.1) is 6.61 Å². The molecule has 0 radical (unpaired) electrons. The summed E-state index contributed by atoms with van der Waals surface area (Å²) in [6.45, 7) is 5.98. The molecule has 0 aromatic heterocycles. The Balaban J connectivity index is 3.96. The highest BCUT2D eigenvalue weighted by Crippen LogP contribution is 1.95. The van der Waals surface area contributed by atoms with E-state index < -0.39 is 0 Å². The Morgan fingerprint density at radius 3 is 2.64 bits per heavy atom. The maximum Gasteiger partial charge on any atom is 0.330 e. The van der Waals surface area contributed by atoms with Gasteiger partial charge in [-0.3, -0.25) is 0 Å². The van der Waals surface area contributed by atoms with Crippen LogP contribution in [0.4, 0.5) is 0 Å². The summed E-state index contributed by atoms with van der Waals surface area (Å²) >= 11 is 0. The van der Waals surface area contributed by atoms with Gasteiger partial charge in [-0.25, -0.2) is 4.79 Å². The quantitative estimate of drug-likeness (QED) is 0.353. The molecule has 2 nitrogen and oxygen atoms in total. The summed E-state index contributed by atoms with van der Waals surface area (Å²) in [4.78, 5) is 10.8. The molecule has 0 aromatic rings. The van der Waals surface area contributed by atoms with Gasteiger partial charge in [-0.1, -0.05) is 12.2 Å². The van der Waals surface area contributed by atoms with Crippen molar-refractivity contribution < 1.29 is 9.53 Å². The van der Waals surface area contributed by atoms with E-state index in [1.165, 1.54) is 6.08 Å². The maximum absolute atomic E-state index is 10.8. The molecule has 0 heterocycles. The van der Waals surface area contributed by atoms with Gasteiger partial charge < -0.3 is 4.74 Å². The second-order valence-corrected chi connectivity index (χ2v) is 2.14. The number of ether oxygens (including phenoxy) is 1. The Morgan fingerprint density at radius 2 is 2.18 bits per heavy atom. The van der Waals surface area contributed by atoms with E-state index in [1.807, 2.05) is 26.0 Å². The predicted octanol–water partition coefficient (Wildman–Crippen LogP) is 2.07. The first-order valence-electron chi connectivity index (χ1n) is 3.68. The van der Waals surface area contributed by atoms with Gasteiger partial charge in [0.15, 0.2) is 0 Å². The Labute approximate surface area is 67.6 Å². The molecule has 0 atom stereocenters. The average molecular weight is 154 g/mol. The molecule has 0 aliphatic rings. The van der Waals surface area contributed by atoms with Gasteiger partial charge in [-0.05, 0) is 26.3 Å². The highest BCUT2D eigenvalue weighted by molar-refractivity contribution is 5.83. The van der Waals surface area contributed by atoms with Crippen LogP contribution in [0, 0.1) is 0 Å². The molecule has 0 N–H and O–H groups in total. The van der Waals surface area contributed by atoms with E-state index in [0.29, 0.717) is 6.61 Å². The van der Waals surface area contributed by atoms with Crippen LogP contribution in [0.3, 0.4) is 0 Å². The van der Waals surface area contributed by atoms with E-state index >= 15 is 0 Å². The van der Waals surface area contributed by atoms with Crippen LogP contribution in [0.5, 0.6) is 0 Å². The SMILES string of the molecule is CC=C/C(C)=C/C(=O)OCC. The topological polar surface area (TPSA) is 26.3 Å². The first-order valence-corrected chi connectivity index (χ1v) is 3.68. The molecule has 0 aliphatic heterocycles. The maximum atomic E-state index is 10.8. The average Bonchev–Trinajstić information content (AvgIpc) is 1.87. The summed E-state index contributed by atoms with van der Waals surface area (Å²) in [5, 5.41) is 0. The highest BCUT2D eigenvalue weighted by Gasteiger charge is 1.93. The monoisotopic (exact) mass is 154 g/mol. The zero-order chi connectivity index (χ0) is 8.69. The molecule has 0 bridgehead atoms. The smallest absolute Gasteiger partial charge is 0.330 e. The fraction of sp³-hybridized carbons (Fsp3) is 0.444. The number of carbonyl (C=O) groups is 1. The summed E-state index contributed by atoms with van der Waals surface area (Å²) < 4.78 is 4.71. The van der Waals surface area contributed by atoms with Crippen LogP contribution >= 0.6 is 0 Å². The fourth-order valence-electron chi connectivity index (χ4n) is 0.681. The van der Waals surface area contributed by atoms with Crippen molar-refractivity contribution in [3.05, 3.63) is 23.8 Å². The molecule has 0 unspecified atom stereocenters. The van der Waals surface area contributed by atoms with Gasteiger partial charge in [0.25, 0.3) is 0 Å². The van der Waals surface area contributed by atoms with Gasteiger partial charge in [-0.15, -0.1) is 0 Å². The number of carbonyl (C=O) groups excluding carboxylic acids is 1. The molecular formula is C9H14O2. The van der Waals surface area contributed by atoms with Crippen LogP contribution in [0.2, 0.25) is 0 Å². The molecule has 0 spiro atoms. The second kappa shape index (κ2) is 5.71. The zero-order valence-corrected chi connectivity index (χ0v) is 7.26. The molecule has 62 valence electrons. The Hall–Kier alpha value is -1.05. The minimum atomic E-state index is -0.275. The van der Waals surface area contributed by atoms with Crippen LogP contribution in [-0.4, -0.2) is 12.6 Å². The van der Waals surface area contributed by atoms with E-state index in [2.05, 4.69) is 0 Å². The van der Waals surface area contributed by atoms with E-state index in [4.69, 9.17) is 4.74 Å². The van der Waals surface area contributed by atoms with Crippen LogP contribution in [-0.2, 0) is 9.53 Å². The lowest BCUT2D eigenvalue weighted by molar-refractivity contribution is -0.137. The van der Waals surface area contributed by atoms with Gasteiger partial charge >= 0.3 is 5.97 Å². The van der Waals surface area contributed by atoms with Crippen LogP contribution in [0.25, 0.3) is 0 Å². The molecule has 0 saturated heterocycles. The lowest BCUT2D eigenvalue weighted by atomic mass is 10.2. The van der Waals surface area contributed by atoms with Crippen LogP contribution < -0.4 is 0 Å². The molecular weight excluding hydrogens is 140 g/mol. The summed E-state index contributed by atoms with van der Waals surface area (Å²) in [7, 11) is 0. The number of hydrogen-bond donors (Lipinski definition) is 0.